The summed E-state index contributed by atoms with van der Waals surface area (Å²) in [6, 6.07) is 22.7. The largest absolute Gasteiger partial charge is 0.497 e. The van der Waals surface area contributed by atoms with E-state index in [-0.39, 0.29) is 19.6 Å². The molecule has 0 saturated carbocycles. The maximum absolute atomic E-state index is 13.1. The van der Waals surface area contributed by atoms with Crippen LogP contribution in [0.25, 0.3) is 0 Å². The van der Waals surface area contributed by atoms with Crippen molar-refractivity contribution in [1.29, 1.82) is 0 Å². The molecule has 0 bridgehead atoms. The summed E-state index contributed by atoms with van der Waals surface area (Å²) in [7, 11) is -5.55. The monoisotopic (exact) mass is 640 g/mol. The first-order chi connectivity index (χ1) is 20.7. The molecule has 1 amide bonds. The van der Waals surface area contributed by atoms with E-state index in [4.69, 9.17) is 9.16 Å². The van der Waals surface area contributed by atoms with E-state index in [1.807, 2.05) is 60.7 Å². The normalized spacial score (nSPS) is 19.2. The molecule has 236 valence electrons. The van der Waals surface area contributed by atoms with Crippen LogP contribution in [0.4, 0.5) is 4.79 Å². The molecule has 3 aromatic rings. The zero-order valence-electron chi connectivity index (χ0n) is 25.6. The Morgan fingerprint density at radius 2 is 1.45 bits per heavy atom. The topological polar surface area (TPSA) is 134 Å². The van der Waals surface area contributed by atoms with Gasteiger partial charge in [0.1, 0.15) is 11.8 Å². The molecular weight excluding hydrogens is 601 g/mol. The fraction of sp³-hybridized carbons (Fsp3) is 0.375. The number of hydrogen-bond donors (Lipinski definition) is 2. The Bertz CT molecular complexity index is 1510. The second kappa shape index (κ2) is 13.1. The first-order valence-electron chi connectivity index (χ1n) is 14.3. The summed E-state index contributed by atoms with van der Waals surface area (Å²) >= 11 is 0. The molecular formula is C32H40N2O8SSi. The third-order valence-electron chi connectivity index (χ3n) is 8.25. The van der Waals surface area contributed by atoms with Crippen LogP contribution in [0.2, 0.25) is 5.04 Å². The predicted octanol–water partition coefficient (Wildman–Crippen LogP) is 3.61. The molecule has 0 unspecified atom stereocenters. The first-order valence-corrected chi connectivity index (χ1v) is 18.0. The molecule has 1 heterocycles. The van der Waals surface area contributed by atoms with E-state index in [1.54, 1.807) is 24.3 Å². The van der Waals surface area contributed by atoms with Crippen LogP contribution in [0, 0.1) is 0 Å². The Morgan fingerprint density at radius 1 is 0.932 bits per heavy atom. The number of likely N-dealkylation sites (tertiary alicyclic amines) is 1. The van der Waals surface area contributed by atoms with Gasteiger partial charge in [0.2, 0.25) is 10.0 Å². The fourth-order valence-electron chi connectivity index (χ4n) is 6.29. The Balaban J connectivity index is 1.76. The summed E-state index contributed by atoms with van der Waals surface area (Å²) in [5.74, 6) is -0.838. The van der Waals surface area contributed by atoms with Crippen LogP contribution in [0.5, 0.6) is 5.75 Å². The number of carboxylic acids is 1. The number of ether oxygens (including phenoxy) is 1. The first kappa shape index (κ1) is 33.2. The van der Waals surface area contributed by atoms with Crippen molar-refractivity contribution in [2.75, 3.05) is 20.0 Å². The number of amides is 1. The molecule has 1 aliphatic heterocycles. The highest BCUT2D eigenvalue weighted by Crippen LogP contribution is 2.38. The van der Waals surface area contributed by atoms with Crippen molar-refractivity contribution in [3.63, 3.8) is 0 Å². The Labute approximate surface area is 260 Å². The van der Waals surface area contributed by atoms with Gasteiger partial charge in [-0.3, -0.25) is 4.90 Å². The molecule has 0 radical (unpaired) electrons. The number of benzene rings is 3. The van der Waals surface area contributed by atoms with Gasteiger partial charge in [-0.1, -0.05) is 93.6 Å². The van der Waals surface area contributed by atoms with Gasteiger partial charge in [-0.05, 0) is 39.5 Å². The van der Waals surface area contributed by atoms with E-state index in [1.165, 1.54) is 7.11 Å². The molecule has 1 saturated heterocycles. The third kappa shape index (κ3) is 6.68. The standard InChI is InChI=1S/C32H40N2O8SSi/c1-32(2,3)44(26-12-8-6-9-13-26,27-14-10-7-11-15-27)42-22-24-20-28(29(30(35)36)34(24)31(37)38)33(43(5,39)40)21-23-16-18-25(41-4)19-17-23/h6-19,24,28-29H,20-22H2,1-5H3,(H,35,36)(H,37,38)/t24-,28-,29+/m0/s1. The van der Waals surface area contributed by atoms with Crippen LogP contribution < -0.4 is 15.1 Å². The molecule has 2 N–H and O–H groups in total. The van der Waals surface area contributed by atoms with Gasteiger partial charge in [-0.15, -0.1) is 0 Å². The number of nitrogens with zero attached hydrogens (tertiary/aromatic N) is 2. The number of carbonyl (C=O) groups is 2. The lowest BCUT2D eigenvalue weighted by atomic mass is 10.1. The fourth-order valence-corrected chi connectivity index (χ4v) is 12.0. The average Bonchev–Trinajstić information content (AvgIpc) is 3.36. The van der Waals surface area contributed by atoms with E-state index in [2.05, 4.69) is 20.8 Å². The molecule has 0 spiro atoms. The minimum Gasteiger partial charge on any atom is -0.497 e. The van der Waals surface area contributed by atoms with Crippen molar-refractivity contribution in [2.45, 2.75) is 56.9 Å². The summed E-state index contributed by atoms with van der Waals surface area (Å²) in [5, 5.41) is 22.2. The Hall–Kier alpha value is -3.71. The number of aliphatic carboxylic acids is 1. The summed E-state index contributed by atoms with van der Waals surface area (Å²) in [4.78, 5) is 26.2. The van der Waals surface area contributed by atoms with Crippen LogP contribution in [0.1, 0.15) is 32.8 Å². The molecule has 12 heteroatoms. The Morgan fingerprint density at radius 3 is 1.86 bits per heavy atom. The lowest BCUT2D eigenvalue weighted by Crippen LogP contribution is -2.67. The van der Waals surface area contributed by atoms with Gasteiger partial charge in [0.25, 0.3) is 8.32 Å². The second-order valence-electron chi connectivity index (χ2n) is 12.1. The Kier molecular flexibility index (Phi) is 9.89. The molecule has 1 aliphatic rings. The van der Waals surface area contributed by atoms with E-state index in [0.717, 1.165) is 25.8 Å². The van der Waals surface area contributed by atoms with Crippen molar-refractivity contribution in [1.82, 2.24) is 9.21 Å². The number of hydrogen-bond acceptors (Lipinski definition) is 6. The van der Waals surface area contributed by atoms with E-state index in [0.29, 0.717) is 11.3 Å². The van der Waals surface area contributed by atoms with Crippen molar-refractivity contribution >= 4 is 40.8 Å². The molecule has 0 aliphatic carbocycles. The molecule has 0 aromatic heterocycles. The smallest absolute Gasteiger partial charge is 0.408 e. The van der Waals surface area contributed by atoms with Crippen LogP contribution in [-0.2, 0) is 25.8 Å². The number of sulfonamides is 1. The maximum Gasteiger partial charge on any atom is 0.408 e. The lowest BCUT2D eigenvalue weighted by molar-refractivity contribution is -0.143. The highest BCUT2D eigenvalue weighted by molar-refractivity contribution is 7.88. The molecule has 1 fully saturated rings. The van der Waals surface area contributed by atoms with Gasteiger partial charge in [0.05, 0.1) is 32.1 Å². The quantitative estimate of drug-likeness (QED) is 0.304. The van der Waals surface area contributed by atoms with Gasteiger partial charge >= 0.3 is 12.1 Å². The third-order valence-corrected chi connectivity index (χ3v) is 14.5. The molecule has 4 rings (SSSR count). The summed E-state index contributed by atoms with van der Waals surface area (Å²) < 4.78 is 39.5. The second-order valence-corrected chi connectivity index (χ2v) is 18.3. The van der Waals surface area contributed by atoms with Gasteiger partial charge in [0.15, 0.2) is 0 Å². The SMILES string of the molecule is COc1ccc(CN([C@H]2C[C@@H](CO[Si](c3ccccc3)(c3ccccc3)C(C)(C)C)N(C(=O)O)[C@H]2C(=O)O)S(C)(=O)=O)cc1. The van der Waals surface area contributed by atoms with Gasteiger partial charge < -0.3 is 19.4 Å². The van der Waals surface area contributed by atoms with Crippen molar-refractivity contribution in [3.8, 4) is 5.75 Å². The molecule has 3 atom stereocenters. The number of rotatable bonds is 11. The minimum atomic E-state index is -3.97. The molecule has 10 nitrogen and oxygen atoms in total. The number of methoxy groups -OCH3 is 1. The summed E-state index contributed by atoms with van der Waals surface area (Å²) in [6.07, 6.45) is -0.494. The molecule has 3 aromatic carbocycles. The van der Waals surface area contributed by atoms with Gasteiger partial charge in [-0.2, -0.15) is 4.31 Å². The van der Waals surface area contributed by atoms with E-state index >= 15 is 0 Å². The van der Waals surface area contributed by atoms with Crippen LogP contribution in [0.15, 0.2) is 84.9 Å². The lowest BCUT2D eigenvalue weighted by Gasteiger charge is -2.44. The predicted molar refractivity (Wildman–Crippen MR) is 170 cm³/mol. The van der Waals surface area contributed by atoms with E-state index in [9.17, 15) is 28.2 Å². The molecule has 44 heavy (non-hydrogen) atoms. The summed E-state index contributed by atoms with van der Waals surface area (Å²) in [6.45, 7) is 6.02. The van der Waals surface area contributed by atoms with Crippen LogP contribution in [0.3, 0.4) is 0 Å². The highest BCUT2D eigenvalue weighted by atomic mass is 32.2. The number of carboxylic acid groups (broad SMARTS) is 2. The van der Waals surface area contributed by atoms with Crippen molar-refractivity contribution in [3.05, 3.63) is 90.5 Å². The maximum atomic E-state index is 13.1. The van der Waals surface area contributed by atoms with Crippen molar-refractivity contribution < 1.29 is 37.4 Å². The minimum absolute atomic E-state index is 0.0509. The zero-order valence-corrected chi connectivity index (χ0v) is 27.4. The van der Waals surface area contributed by atoms with Crippen molar-refractivity contribution in [2.24, 2.45) is 0 Å². The average molecular weight is 641 g/mol. The van der Waals surface area contributed by atoms with Crippen LogP contribution in [-0.4, -0.2) is 86.3 Å². The summed E-state index contributed by atoms with van der Waals surface area (Å²) in [5.41, 5.74) is 0.606. The zero-order chi connectivity index (χ0) is 32.3. The highest BCUT2D eigenvalue weighted by Gasteiger charge is 2.55. The van der Waals surface area contributed by atoms with Gasteiger partial charge in [0, 0.05) is 6.54 Å². The van der Waals surface area contributed by atoms with E-state index < -0.39 is 53.6 Å². The van der Waals surface area contributed by atoms with Gasteiger partial charge in [-0.25, -0.2) is 18.0 Å². The van der Waals surface area contributed by atoms with Crippen LogP contribution >= 0.6 is 0 Å².